The van der Waals surface area contributed by atoms with E-state index in [1.807, 2.05) is 21.6 Å². The van der Waals surface area contributed by atoms with Crippen molar-refractivity contribution in [2.24, 2.45) is 0 Å². The summed E-state index contributed by atoms with van der Waals surface area (Å²) in [6, 6.07) is 0. The topological polar surface area (TPSA) is 21.8 Å². The van der Waals surface area contributed by atoms with Gasteiger partial charge >= 0.3 is 0 Å². The Morgan fingerprint density at radius 1 is 0.938 bits per heavy atom. The van der Waals surface area contributed by atoms with Crippen LogP contribution in [0.15, 0.2) is 0 Å². The summed E-state index contributed by atoms with van der Waals surface area (Å²) < 4.78 is 0. The Balaban J connectivity index is 2.20. The van der Waals surface area contributed by atoms with Crippen LogP contribution in [-0.2, 0) is 0 Å². The molecule has 2 unspecified atom stereocenters. The summed E-state index contributed by atoms with van der Waals surface area (Å²) in [4.78, 5) is 6.84. The summed E-state index contributed by atoms with van der Waals surface area (Å²) in [7, 11) is 14.5. The smallest absolute Gasteiger partial charge is 0.120 e. The number of hydrogen-bond acceptors (Lipinski definition) is 6. The zero-order valence-corrected chi connectivity index (χ0v) is 12.6. The minimum Gasteiger partial charge on any atom is -0.309 e. The number of nitrogens with one attached hydrogen (secondary N) is 1. The van der Waals surface area contributed by atoms with E-state index < -0.39 is 0 Å². The van der Waals surface area contributed by atoms with Crippen molar-refractivity contribution in [3.05, 3.63) is 0 Å². The molecule has 1 aliphatic rings. The van der Waals surface area contributed by atoms with Gasteiger partial charge in [0.05, 0.1) is 0 Å². The SMILES string of the molecule is CN(C)CCCN(C)C1NC(N(C)C)SS1. The highest BCUT2D eigenvalue weighted by Gasteiger charge is 2.29. The standard InChI is InChI=1S/C10H24N4S2/c1-12(2)7-6-8-14(5)10-11-9(13(3)4)15-16-10/h9-11H,6-8H2,1-5H3. The fraction of sp³-hybridized carbons (Fsp3) is 1.00. The Bertz CT molecular complexity index is 201. The van der Waals surface area contributed by atoms with Crippen molar-refractivity contribution in [3.8, 4) is 0 Å². The molecule has 2 atom stereocenters. The third-order valence-corrected chi connectivity index (χ3v) is 5.46. The van der Waals surface area contributed by atoms with Gasteiger partial charge in [-0.05, 0) is 48.2 Å². The number of hydrogen-bond donors (Lipinski definition) is 1. The second kappa shape index (κ2) is 7.08. The van der Waals surface area contributed by atoms with Gasteiger partial charge in [-0.15, -0.1) is 0 Å². The molecule has 1 heterocycles. The van der Waals surface area contributed by atoms with E-state index in [2.05, 4.69) is 55.3 Å². The van der Waals surface area contributed by atoms with E-state index in [0.717, 1.165) is 13.1 Å². The van der Waals surface area contributed by atoms with Gasteiger partial charge in [-0.3, -0.25) is 15.1 Å². The van der Waals surface area contributed by atoms with Crippen molar-refractivity contribution >= 4 is 21.6 Å². The molecule has 4 nitrogen and oxygen atoms in total. The minimum atomic E-state index is 0.436. The Morgan fingerprint density at radius 2 is 1.56 bits per heavy atom. The van der Waals surface area contributed by atoms with Gasteiger partial charge < -0.3 is 4.90 Å². The zero-order chi connectivity index (χ0) is 12.1. The third kappa shape index (κ3) is 4.81. The van der Waals surface area contributed by atoms with Crippen molar-refractivity contribution in [3.63, 3.8) is 0 Å². The first-order valence-electron chi connectivity index (χ1n) is 5.60. The van der Waals surface area contributed by atoms with Crippen LogP contribution in [0.5, 0.6) is 0 Å². The maximum atomic E-state index is 3.59. The van der Waals surface area contributed by atoms with Crippen LogP contribution in [0.3, 0.4) is 0 Å². The highest BCUT2D eigenvalue weighted by molar-refractivity contribution is 8.77. The Kier molecular flexibility index (Phi) is 6.46. The summed E-state index contributed by atoms with van der Waals surface area (Å²) in [5.41, 5.74) is 0.880. The zero-order valence-electron chi connectivity index (χ0n) is 10.9. The molecular formula is C10H24N4S2. The van der Waals surface area contributed by atoms with E-state index in [-0.39, 0.29) is 0 Å². The van der Waals surface area contributed by atoms with Crippen molar-refractivity contribution in [2.45, 2.75) is 17.4 Å². The fourth-order valence-electron chi connectivity index (χ4n) is 1.47. The van der Waals surface area contributed by atoms with E-state index in [1.165, 1.54) is 6.42 Å². The van der Waals surface area contributed by atoms with Crippen LogP contribution < -0.4 is 5.32 Å². The van der Waals surface area contributed by atoms with Crippen LogP contribution in [0.25, 0.3) is 0 Å². The van der Waals surface area contributed by atoms with Crippen molar-refractivity contribution in [2.75, 3.05) is 48.3 Å². The molecule has 0 aromatic rings. The number of nitrogens with zero attached hydrogens (tertiary/aromatic N) is 3. The molecule has 0 amide bonds. The maximum Gasteiger partial charge on any atom is 0.120 e. The van der Waals surface area contributed by atoms with E-state index >= 15 is 0 Å². The molecule has 0 radical (unpaired) electrons. The fourth-order valence-corrected chi connectivity index (χ4v) is 4.48. The van der Waals surface area contributed by atoms with Crippen LogP contribution in [0.2, 0.25) is 0 Å². The lowest BCUT2D eigenvalue weighted by atomic mass is 10.4. The van der Waals surface area contributed by atoms with E-state index in [4.69, 9.17) is 0 Å². The van der Waals surface area contributed by atoms with Gasteiger partial charge in [0.15, 0.2) is 0 Å². The first kappa shape index (κ1) is 14.6. The molecule has 0 saturated carbocycles. The molecule has 1 saturated heterocycles. The van der Waals surface area contributed by atoms with Crippen LogP contribution in [0.1, 0.15) is 6.42 Å². The second-order valence-electron chi connectivity index (χ2n) is 4.66. The van der Waals surface area contributed by atoms with Crippen LogP contribution in [-0.4, -0.2) is 74.0 Å². The van der Waals surface area contributed by atoms with Crippen LogP contribution in [0.4, 0.5) is 0 Å². The summed E-state index contributed by atoms with van der Waals surface area (Å²) >= 11 is 0. The molecule has 0 aliphatic carbocycles. The lowest BCUT2D eigenvalue weighted by Crippen LogP contribution is -2.45. The summed E-state index contributed by atoms with van der Waals surface area (Å²) in [5.74, 6) is 0. The van der Waals surface area contributed by atoms with E-state index in [0.29, 0.717) is 11.0 Å². The molecule has 96 valence electrons. The lowest BCUT2D eigenvalue weighted by Gasteiger charge is -2.25. The second-order valence-corrected chi connectivity index (χ2v) is 7.10. The molecule has 0 aromatic heterocycles. The molecule has 1 fully saturated rings. The highest BCUT2D eigenvalue weighted by atomic mass is 33.1. The van der Waals surface area contributed by atoms with Gasteiger partial charge in [-0.25, -0.2) is 0 Å². The summed E-state index contributed by atoms with van der Waals surface area (Å²) in [6.07, 6.45) is 1.22. The van der Waals surface area contributed by atoms with Gasteiger partial charge in [0, 0.05) is 6.54 Å². The van der Waals surface area contributed by atoms with Gasteiger partial charge in [0.25, 0.3) is 0 Å². The molecule has 1 rings (SSSR count). The van der Waals surface area contributed by atoms with Gasteiger partial charge in [-0.1, -0.05) is 21.6 Å². The molecule has 0 aromatic carbocycles. The Morgan fingerprint density at radius 3 is 2.06 bits per heavy atom. The van der Waals surface area contributed by atoms with Crippen molar-refractivity contribution in [1.82, 2.24) is 20.0 Å². The molecule has 16 heavy (non-hydrogen) atoms. The van der Waals surface area contributed by atoms with Crippen molar-refractivity contribution < 1.29 is 0 Å². The van der Waals surface area contributed by atoms with Gasteiger partial charge in [-0.2, -0.15) is 0 Å². The minimum absolute atomic E-state index is 0.436. The first-order chi connectivity index (χ1) is 7.50. The molecule has 1 aliphatic heterocycles. The predicted molar refractivity (Wildman–Crippen MR) is 75.4 cm³/mol. The van der Waals surface area contributed by atoms with Crippen LogP contribution in [0, 0.1) is 0 Å². The molecule has 0 bridgehead atoms. The average molecular weight is 264 g/mol. The average Bonchev–Trinajstić information content (AvgIpc) is 2.65. The highest BCUT2D eigenvalue weighted by Crippen LogP contribution is 2.38. The molecule has 6 heteroatoms. The lowest BCUT2D eigenvalue weighted by molar-refractivity contribution is 0.227. The Labute approximate surface area is 107 Å². The first-order valence-corrected chi connectivity index (χ1v) is 7.88. The molecule has 1 N–H and O–H groups in total. The van der Waals surface area contributed by atoms with Gasteiger partial charge in [0.2, 0.25) is 0 Å². The predicted octanol–water partition coefficient (Wildman–Crippen LogP) is 0.983. The monoisotopic (exact) mass is 264 g/mol. The molecule has 0 spiro atoms. The maximum absolute atomic E-state index is 3.59. The van der Waals surface area contributed by atoms with Gasteiger partial charge in [0.1, 0.15) is 11.0 Å². The number of rotatable bonds is 6. The van der Waals surface area contributed by atoms with E-state index in [1.54, 1.807) is 0 Å². The largest absolute Gasteiger partial charge is 0.309 e. The third-order valence-electron chi connectivity index (χ3n) is 2.51. The normalized spacial score (nSPS) is 26.2. The van der Waals surface area contributed by atoms with E-state index in [9.17, 15) is 0 Å². The summed E-state index contributed by atoms with van der Waals surface area (Å²) in [5, 5.41) is 3.59. The van der Waals surface area contributed by atoms with Crippen LogP contribution >= 0.6 is 21.6 Å². The molecular weight excluding hydrogens is 240 g/mol. The van der Waals surface area contributed by atoms with Crippen molar-refractivity contribution in [1.29, 1.82) is 0 Å². The summed E-state index contributed by atoms with van der Waals surface area (Å²) in [6.45, 7) is 2.30. The Hall–Kier alpha value is 0.540. The quantitative estimate of drug-likeness (QED) is 0.717.